The second-order valence-electron chi connectivity index (χ2n) is 6.76. The van der Waals surface area contributed by atoms with Gasteiger partial charge >= 0.3 is 12.1 Å². The van der Waals surface area contributed by atoms with E-state index in [0.29, 0.717) is 26.2 Å². The van der Waals surface area contributed by atoms with Crippen LogP contribution in [-0.2, 0) is 14.3 Å². The van der Waals surface area contributed by atoms with Crippen molar-refractivity contribution in [3.63, 3.8) is 0 Å². The Hall–Kier alpha value is -2.57. The molecule has 2 heterocycles. The van der Waals surface area contributed by atoms with Crippen LogP contribution in [0.1, 0.15) is 26.3 Å². The Morgan fingerprint density at radius 3 is 2.36 bits per heavy atom. The number of hydrogen-bond donors (Lipinski definition) is 0. The summed E-state index contributed by atoms with van der Waals surface area (Å²) in [5.41, 5.74) is 0.338. The number of methoxy groups -OCH3 is 1. The maximum Gasteiger partial charge on any atom is 0.410 e. The molecule has 25 heavy (non-hydrogen) atoms. The van der Waals surface area contributed by atoms with Gasteiger partial charge in [-0.2, -0.15) is 0 Å². The van der Waals surface area contributed by atoms with E-state index in [1.54, 1.807) is 17.2 Å². The third-order valence-corrected chi connectivity index (χ3v) is 3.64. The van der Waals surface area contributed by atoms with Crippen LogP contribution in [0, 0.1) is 0 Å². The summed E-state index contributed by atoms with van der Waals surface area (Å²) in [5, 5.41) is 0. The van der Waals surface area contributed by atoms with Crippen LogP contribution < -0.4 is 4.90 Å². The van der Waals surface area contributed by atoms with E-state index in [9.17, 15) is 9.59 Å². The van der Waals surface area contributed by atoms with Gasteiger partial charge in [0, 0.05) is 38.5 Å². The zero-order valence-electron chi connectivity index (χ0n) is 15.2. The van der Waals surface area contributed by atoms with E-state index < -0.39 is 11.6 Å². The number of esters is 1. The molecule has 0 bridgehead atoms. The highest BCUT2D eigenvalue weighted by Gasteiger charge is 2.26. The molecular formula is C18H25N3O4. The third-order valence-electron chi connectivity index (χ3n) is 3.64. The van der Waals surface area contributed by atoms with Gasteiger partial charge in [-0.05, 0) is 44.5 Å². The molecule has 1 aliphatic rings. The smallest absolute Gasteiger partial charge is 0.410 e. The summed E-state index contributed by atoms with van der Waals surface area (Å²) in [6.45, 7) is 8.18. The van der Waals surface area contributed by atoms with Crippen molar-refractivity contribution in [3.05, 3.63) is 30.0 Å². The zero-order chi connectivity index (χ0) is 18.4. The van der Waals surface area contributed by atoms with E-state index in [0.717, 1.165) is 11.4 Å². The molecule has 0 unspecified atom stereocenters. The monoisotopic (exact) mass is 347 g/mol. The number of anilines is 1. The number of carbonyl (C=O) groups excluding carboxylic acids is 2. The summed E-state index contributed by atoms with van der Waals surface area (Å²) in [5.74, 6) is 0.446. The fraction of sp³-hybridized carbons (Fsp3) is 0.500. The summed E-state index contributed by atoms with van der Waals surface area (Å²) in [6, 6.07) is 3.79. The molecule has 1 aromatic heterocycles. The Kier molecular flexibility index (Phi) is 6.01. The molecule has 1 saturated heterocycles. The molecule has 1 aliphatic heterocycles. The molecule has 0 aromatic carbocycles. The molecule has 0 saturated carbocycles. The van der Waals surface area contributed by atoms with E-state index in [2.05, 4.69) is 14.6 Å². The van der Waals surface area contributed by atoms with E-state index in [-0.39, 0.29) is 6.09 Å². The van der Waals surface area contributed by atoms with Gasteiger partial charge < -0.3 is 19.3 Å². The number of piperazine rings is 1. The Labute approximate surface area is 148 Å². The lowest BCUT2D eigenvalue weighted by atomic mass is 10.2. The second kappa shape index (κ2) is 8.00. The van der Waals surface area contributed by atoms with Gasteiger partial charge in [0.15, 0.2) is 0 Å². The van der Waals surface area contributed by atoms with Crippen molar-refractivity contribution in [2.75, 3.05) is 38.2 Å². The van der Waals surface area contributed by atoms with Crippen LogP contribution in [0.3, 0.4) is 0 Å². The van der Waals surface area contributed by atoms with Crippen molar-refractivity contribution < 1.29 is 19.1 Å². The highest BCUT2D eigenvalue weighted by atomic mass is 16.6. The molecule has 136 valence electrons. The minimum absolute atomic E-state index is 0.275. The maximum atomic E-state index is 12.1. The quantitative estimate of drug-likeness (QED) is 0.617. The van der Waals surface area contributed by atoms with E-state index >= 15 is 0 Å². The van der Waals surface area contributed by atoms with E-state index in [1.165, 1.54) is 13.2 Å². The summed E-state index contributed by atoms with van der Waals surface area (Å²) in [4.78, 5) is 31.4. The number of carbonyl (C=O) groups is 2. The predicted octanol–water partition coefficient (Wildman–Crippen LogP) is 2.32. The summed E-state index contributed by atoms with van der Waals surface area (Å²) in [6.07, 6.45) is 4.44. The Morgan fingerprint density at radius 1 is 1.16 bits per heavy atom. The van der Waals surface area contributed by atoms with Gasteiger partial charge in [-0.25, -0.2) is 14.6 Å². The molecule has 1 aromatic rings. The van der Waals surface area contributed by atoms with Crippen molar-refractivity contribution in [1.82, 2.24) is 9.88 Å². The molecule has 1 amide bonds. The molecule has 7 heteroatoms. The average Bonchev–Trinajstić information content (AvgIpc) is 2.59. The van der Waals surface area contributed by atoms with Crippen LogP contribution in [-0.4, -0.2) is 60.8 Å². The molecule has 0 radical (unpaired) electrons. The van der Waals surface area contributed by atoms with Crippen molar-refractivity contribution >= 4 is 24.0 Å². The van der Waals surface area contributed by atoms with Crippen LogP contribution in [0.4, 0.5) is 10.6 Å². The maximum absolute atomic E-state index is 12.1. The first-order valence-electron chi connectivity index (χ1n) is 8.23. The average molecular weight is 347 g/mol. The molecule has 0 atom stereocenters. The molecule has 7 nitrogen and oxygen atoms in total. The van der Waals surface area contributed by atoms with Gasteiger partial charge in [0.05, 0.1) is 7.11 Å². The van der Waals surface area contributed by atoms with Crippen LogP contribution in [0.25, 0.3) is 6.08 Å². The lowest BCUT2D eigenvalue weighted by Gasteiger charge is -2.36. The number of aromatic nitrogens is 1. The lowest BCUT2D eigenvalue weighted by molar-refractivity contribution is -0.134. The predicted molar refractivity (Wildman–Crippen MR) is 95.3 cm³/mol. The van der Waals surface area contributed by atoms with E-state index in [1.807, 2.05) is 32.9 Å². The fourth-order valence-electron chi connectivity index (χ4n) is 2.36. The van der Waals surface area contributed by atoms with Crippen molar-refractivity contribution in [2.45, 2.75) is 26.4 Å². The molecule has 0 N–H and O–H groups in total. The van der Waals surface area contributed by atoms with Crippen molar-refractivity contribution in [2.24, 2.45) is 0 Å². The molecule has 0 aliphatic carbocycles. The minimum atomic E-state index is -0.483. The van der Waals surface area contributed by atoms with Crippen LogP contribution in [0.5, 0.6) is 0 Å². The standard InChI is InChI=1S/C18H25N3O4/c1-18(2,3)25-17(23)21-11-9-20(10-12-21)15-7-5-14(13-19-15)6-8-16(22)24-4/h5-8,13H,9-12H2,1-4H3/b8-6+. The number of nitrogens with zero attached hydrogens (tertiary/aromatic N) is 3. The SMILES string of the molecule is COC(=O)/C=C/c1ccc(N2CCN(C(=O)OC(C)(C)C)CC2)nc1. The van der Waals surface area contributed by atoms with Crippen molar-refractivity contribution in [1.29, 1.82) is 0 Å². The first-order chi connectivity index (χ1) is 11.8. The number of ether oxygens (including phenoxy) is 2. The van der Waals surface area contributed by atoms with Gasteiger partial charge in [-0.15, -0.1) is 0 Å². The Bertz CT molecular complexity index is 627. The van der Waals surface area contributed by atoms with Gasteiger partial charge in [0.2, 0.25) is 0 Å². The molecule has 2 rings (SSSR count). The number of pyridine rings is 1. The fourth-order valence-corrected chi connectivity index (χ4v) is 2.36. The van der Waals surface area contributed by atoms with E-state index in [4.69, 9.17) is 4.74 Å². The largest absolute Gasteiger partial charge is 0.466 e. The topological polar surface area (TPSA) is 72.0 Å². The Balaban J connectivity index is 1.89. The Morgan fingerprint density at radius 2 is 1.84 bits per heavy atom. The molecular weight excluding hydrogens is 322 g/mol. The van der Waals surface area contributed by atoms with Gasteiger partial charge in [0.25, 0.3) is 0 Å². The van der Waals surface area contributed by atoms with Gasteiger partial charge in [0.1, 0.15) is 11.4 Å². The van der Waals surface area contributed by atoms with Crippen LogP contribution >= 0.6 is 0 Å². The highest BCUT2D eigenvalue weighted by molar-refractivity contribution is 5.86. The third kappa shape index (κ3) is 5.77. The highest BCUT2D eigenvalue weighted by Crippen LogP contribution is 2.16. The normalized spacial score (nSPS) is 15.4. The number of rotatable bonds is 3. The van der Waals surface area contributed by atoms with Crippen LogP contribution in [0.2, 0.25) is 0 Å². The second-order valence-corrected chi connectivity index (χ2v) is 6.76. The summed E-state index contributed by atoms with van der Waals surface area (Å²) >= 11 is 0. The number of hydrogen-bond acceptors (Lipinski definition) is 6. The molecule has 1 fully saturated rings. The van der Waals surface area contributed by atoms with Gasteiger partial charge in [-0.3, -0.25) is 0 Å². The first-order valence-corrected chi connectivity index (χ1v) is 8.23. The first kappa shape index (κ1) is 18.8. The van der Waals surface area contributed by atoms with Crippen molar-refractivity contribution in [3.8, 4) is 0 Å². The zero-order valence-corrected chi connectivity index (χ0v) is 15.2. The molecule has 0 spiro atoms. The lowest BCUT2D eigenvalue weighted by Crippen LogP contribution is -2.50. The van der Waals surface area contributed by atoms with Crippen LogP contribution in [0.15, 0.2) is 24.4 Å². The summed E-state index contributed by atoms with van der Waals surface area (Å²) < 4.78 is 9.95. The summed E-state index contributed by atoms with van der Waals surface area (Å²) in [7, 11) is 1.34. The minimum Gasteiger partial charge on any atom is -0.466 e. The number of amides is 1. The van der Waals surface area contributed by atoms with Gasteiger partial charge in [-0.1, -0.05) is 0 Å².